The van der Waals surface area contributed by atoms with Gasteiger partial charge in [0.15, 0.2) is 0 Å². The number of amides is 1. The minimum atomic E-state index is -0.320. The third-order valence-corrected chi connectivity index (χ3v) is 3.15. The van der Waals surface area contributed by atoms with Crippen LogP contribution in [0.4, 0.5) is 5.82 Å². The number of aromatic nitrogens is 3. The van der Waals surface area contributed by atoms with Gasteiger partial charge in [-0.15, -0.1) is 0 Å². The van der Waals surface area contributed by atoms with Crippen molar-refractivity contribution >= 4 is 23.3 Å². The molecule has 2 aromatic heterocycles. The van der Waals surface area contributed by atoms with Crippen LogP contribution in [0.25, 0.3) is 0 Å². The SMILES string of the molecule is Cc1cnn(CCN[C@@H](C)C(=O)Nc2ccc(Cl)cn2)c1. The van der Waals surface area contributed by atoms with Crippen LogP contribution in [0.5, 0.6) is 0 Å². The fraction of sp³-hybridized carbons (Fsp3) is 0.357. The van der Waals surface area contributed by atoms with Crippen LogP contribution < -0.4 is 10.6 Å². The molecule has 0 bridgehead atoms. The number of carbonyl (C=O) groups excluding carboxylic acids is 1. The minimum Gasteiger partial charge on any atom is -0.309 e. The normalized spacial score (nSPS) is 12.1. The van der Waals surface area contributed by atoms with Gasteiger partial charge in [0.1, 0.15) is 5.82 Å². The van der Waals surface area contributed by atoms with Gasteiger partial charge >= 0.3 is 0 Å². The van der Waals surface area contributed by atoms with Crippen LogP contribution in [-0.4, -0.2) is 33.3 Å². The summed E-state index contributed by atoms with van der Waals surface area (Å²) in [6, 6.07) is 3.03. The van der Waals surface area contributed by atoms with Crippen LogP contribution in [0.2, 0.25) is 5.02 Å². The fourth-order valence-electron chi connectivity index (χ4n) is 1.76. The average Bonchev–Trinajstić information content (AvgIpc) is 2.87. The van der Waals surface area contributed by atoms with Crippen molar-refractivity contribution in [3.63, 3.8) is 0 Å². The summed E-state index contributed by atoms with van der Waals surface area (Å²) in [5.74, 6) is 0.349. The smallest absolute Gasteiger partial charge is 0.242 e. The molecule has 0 saturated heterocycles. The monoisotopic (exact) mass is 307 g/mol. The van der Waals surface area contributed by atoms with Gasteiger partial charge in [-0.2, -0.15) is 5.10 Å². The van der Waals surface area contributed by atoms with Crippen molar-refractivity contribution < 1.29 is 4.79 Å². The van der Waals surface area contributed by atoms with E-state index in [9.17, 15) is 4.79 Å². The van der Waals surface area contributed by atoms with Crippen molar-refractivity contribution in [3.05, 3.63) is 41.3 Å². The van der Waals surface area contributed by atoms with E-state index < -0.39 is 0 Å². The van der Waals surface area contributed by atoms with Crippen molar-refractivity contribution in [2.24, 2.45) is 0 Å². The summed E-state index contributed by atoms with van der Waals surface area (Å²) >= 11 is 5.74. The molecule has 2 heterocycles. The van der Waals surface area contributed by atoms with Crippen LogP contribution >= 0.6 is 11.6 Å². The molecule has 112 valence electrons. The number of anilines is 1. The Labute approximate surface area is 128 Å². The molecule has 0 saturated carbocycles. The second-order valence-corrected chi connectivity index (χ2v) is 5.24. The number of rotatable bonds is 6. The summed E-state index contributed by atoms with van der Waals surface area (Å²) in [4.78, 5) is 16.0. The number of nitrogens with one attached hydrogen (secondary N) is 2. The number of hydrogen-bond acceptors (Lipinski definition) is 4. The van der Waals surface area contributed by atoms with Crippen LogP contribution in [-0.2, 0) is 11.3 Å². The van der Waals surface area contributed by atoms with Gasteiger partial charge in [0, 0.05) is 18.9 Å². The molecule has 21 heavy (non-hydrogen) atoms. The number of halogens is 1. The highest BCUT2D eigenvalue weighted by molar-refractivity contribution is 6.30. The van der Waals surface area contributed by atoms with Gasteiger partial charge in [-0.05, 0) is 31.5 Å². The largest absolute Gasteiger partial charge is 0.309 e. The molecular formula is C14H18ClN5O. The maximum Gasteiger partial charge on any atom is 0.242 e. The maximum atomic E-state index is 12.0. The van der Waals surface area contributed by atoms with Crippen LogP contribution in [0.3, 0.4) is 0 Å². The van der Waals surface area contributed by atoms with E-state index in [-0.39, 0.29) is 11.9 Å². The third-order valence-electron chi connectivity index (χ3n) is 2.93. The van der Waals surface area contributed by atoms with Crippen molar-refractivity contribution in [3.8, 4) is 0 Å². The van der Waals surface area contributed by atoms with Crippen molar-refractivity contribution in [2.75, 3.05) is 11.9 Å². The summed E-state index contributed by atoms with van der Waals surface area (Å²) < 4.78 is 1.84. The lowest BCUT2D eigenvalue weighted by Crippen LogP contribution is -2.39. The number of pyridine rings is 1. The van der Waals surface area contributed by atoms with Crippen molar-refractivity contribution in [1.82, 2.24) is 20.1 Å². The number of hydrogen-bond donors (Lipinski definition) is 2. The molecule has 0 aliphatic carbocycles. The van der Waals surface area contributed by atoms with E-state index in [0.717, 1.165) is 5.56 Å². The minimum absolute atomic E-state index is 0.138. The number of aryl methyl sites for hydroxylation is 1. The predicted molar refractivity (Wildman–Crippen MR) is 82.3 cm³/mol. The van der Waals surface area contributed by atoms with Crippen LogP contribution in [0, 0.1) is 6.92 Å². The zero-order valence-electron chi connectivity index (χ0n) is 12.0. The Kier molecular flexibility index (Phi) is 5.30. The Morgan fingerprint density at radius 2 is 2.24 bits per heavy atom. The van der Waals surface area contributed by atoms with Gasteiger partial charge in [0.2, 0.25) is 5.91 Å². The quantitative estimate of drug-likeness (QED) is 0.854. The second-order valence-electron chi connectivity index (χ2n) is 4.81. The summed E-state index contributed by atoms with van der Waals surface area (Å²) in [6.45, 7) is 5.17. The molecule has 6 nitrogen and oxygen atoms in total. The first-order valence-corrected chi connectivity index (χ1v) is 7.07. The van der Waals surface area contributed by atoms with Crippen molar-refractivity contribution in [1.29, 1.82) is 0 Å². The molecular weight excluding hydrogens is 290 g/mol. The molecule has 0 aromatic carbocycles. The fourth-order valence-corrected chi connectivity index (χ4v) is 1.87. The molecule has 0 fully saturated rings. The lowest BCUT2D eigenvalue weighted by atomic mass is 10.3. The number of nitrogens with zero attached hydrogens (tertiary/aromatic N) is 3. The highest BCUT2D eigenvalue weighted by atomic mass is 35.5. The Morgan fingerprint density at radius 1 is 1.43 bits per heavy atom. The Hall–Kier alpha value is -1.92. The lowest BCUT2D eigenvalue weighted by Gasteiger charge is -2.13. The second kappa shape index (κ2) is 7.19. The first-order chi connectivity index (χ1) is 10.0. The lowest BCUT2D eigenvalue weighted by molar-refractivity contribution is -0.117. The molecule has 0 unspecified atom stereocenters. The van der Waals surface area contributed by atoms with Crippen LogP contribution in [0.15, 0.2) is 30.7 Å². The molecule has 0 aliphatic heterocycles. The van der Waals surface area contributed by atoms with E-state index in [1.165, 1.54) is 6.20 Å². The molecule has 0 aliphatic rings. The zero-order chi connectivity index (χ0) is 15.2. The highest BCUT2D eigenvalue weighted by Crippen LogP contribution is 2.09. The summed E-state index contributed by atoms with van der Waals surface area (Å²) in [5, 5.41) is 10.6. The van der Waals surface area contributed by atoms with Crippen molar-refractivity contribution in [2.45, 2.75) is 26.4 Å². The predicted octanol–water partition coefficient (Wildman–Crippen LogP) is 1.86. The first kappa shape index (κ1) is 15.5. The third kappa shape index (κ3) is 4.84. The van der Waals surface area contributed by atoms with Gasteiger partial charge in [-0.1, -0.05) is 11.6 Å². The molecule has 0 spiro atoms. The Bertz CT molecular complexity index is 596. The maximum absolute atomic E-state index is 12.0. The van der Waals surface area contributed by atoms with E-state index in [4.69, 9.17) is 11.6 Å². The highest BCUT2D eigenvalue weighted by Gasteiger charge is 2.12. The standard InChI is InChI=1S/C14H18ClN5O/c1-10-7-18-20(9-10)6-5-16-11(2)14(21)19-13-4-3-12(15)8-17-13/h3-4,7-9,11,16H,5-6H2,1-2H3,(H,17,19,21)/t11-/m0/s1. The van der Waals surface area contributed by atoms with Gasteiger partial charge in [0.05, 0.1) is 23.8 Å². The van der Waals surface area contributed by atoms with E-state index >= 15 is 0 Å². The van der Waals surface area contributed by atoms with E-state index in [1.807, 2.05) is 24.0 Å². The van der Waals surface area contributed by atoms with Gasteiger partial charge in [-0.3, -0.25) is 9.48 Å². The van der Waals surface area contributed by atoms with E-state index in [2.05, 4.69) is 20.7 Å². The van der Waals surface area contributed by atoms with E-state index in [0.29, 0.717) is 23.9 Å². The molecule has 0 radical (unpaired) electrons. The van der Waals surface area contributed by atoms with E-state index in [1.54, 1.807) is 19.1 Å². The first-order valence-electron chi connectivity index (χ1n) is 6.69. The van der Waals surface area contributed by atoms with Gasteiger partial charge < -0.3 is 10.6 Å². The topological polar surface area (TPSA) is 71.8 Å². The molecule has 7 heteroatoms. The summed E-state index contributed by atoms with van der Waals surface area (Å²) in [7, 11) is 0. The summed E-state index contributed by atoms with van der Waals surface area (Å²) in [5.41, 5.74) is 1.12. The Balaban J connectivity index is 1.75. The zero-order valence-corrected chi connectivity index (χ0v) is 12.8. The number of carbonyl (C=O) groups is 1. The van der Waals surface area contributed by atoms with Gasteiger partial charge in [-0.25, -0.2) is 4.98 Å². The molecule has 1 amide bonds. The molecule has 2 aromatic rings. The Morgan fingerprint density at radius 3 is 2.86 bits per heavy atom. The average molecular weight is 308 g/mol. The molecule has 2 rings (SSSR count). The van der Waals surface area contributed by atoms with Gasteiger partial charge in [0.25, 0.3) is 0 Å². The van der Waals surface area contributed by atoms with Crippen LogP contribution in [0.1, 0.15) is 12.5 Å². The molecule has 1 atom stereocenters. The summed E-state index contributed by atoms with van der Waals surface area (Å²) in [6.07, 6.45) is 5.27. The molecule has 2 N–H and O–H groups in total.